The molecule has 1 amide bonds. The molecule has 1 aromatic rings. The Kier molecular flexibility index (Phi) is 4.13. The second kappa shape index (κ2) is 5.66. The predicted octanol–water partition coefficient (Wildman–Crippen LogP) is 2.20. The molecule has 0 radical (unpaired) electrons. The molecular formula is C14H21N3O3. The van der Waals surface area contributed by atoms with Crippen LogP contribution in [0.4, 0.5) is 16.2 Å². The Morgan fingerprint density at radius 3 is 2.55 bits per heavy atom. The lowest BCUT2D eigenvalue weighted by Gasteiger charge is -2.34. The van der Waals surface area contributed by atoms with Crippen molar-refractivity contribution in [1.82, 2.24) is 4.98 Å². The number of morpholine rings is 1. The minimum Gasteiger partial charge on any atom is -0.465 e. The molecule has 2 heterocycles. The molecule has 1 aromatic heterocycles. The zero-order valence-electron chi connectivity index (χ0n) is 12.2. The summed E-state index contributed by atoms with van der Waals surface area (Å²) >= 11 is 0. The van der Waals surface area contributed by atoms with E-state index in [1.54, 1.807) is 12.4 Å². The average molecular weight is 279 g/mol. The van der Waals surface area contributed by atoms with Gasteiger partial charge in [-0.05, 0) is 26.8 Å². The molecule has 0 spiro atoms. The number of nitrogens with zero attached hydrogens (tertiary/aromatic N) is 3. The summed E-state index contributed by atoms with van der Waals surface area (Å²) in [5, 5.41) is 9.43. The normalized spacial score (nSPS) is 16.1. The molecule has 6 nitrogen and oxygen atoms in total. The number of anilines is 2. The summed E-state index contributed by atoms with van der Waals surface area (Å²) in [5.41, 5.74) is 1.01. The van der Waals surface area contributed by atoms with Gasteiger partial charge in [0.15, 0.2) is 0 Å². The third-order valence-electron chi connectivity index (χ3n) is 3.21. The van der Waals surface area contributed by atoms with Crippen LogP contribution in [0.5, 0.6) is 0 Å². The van der Waals surface area contributed by atoms with E-state index in [1.165, 1.54) is 4.90 Å². The molecule has 1 fully saturated rings. The molecule has 0 aliphatic carbocycles. The fraction of sp³-hybridized carbons (Fsp3) is 0.571. The third-order valence-corrected chi connectivity index (χ3v) is 3.21. The summed E-state index contributed by atoms with van der Waals surface area (Å²) in [4.78, 5) is 19.2. The van der Waals surface area contributed by atoms with Crippen LogP contribution in [0.15, 0.2) is 18.5 Å². The first-order valence-corrected chi connectivity index (χ1v) is 6.70. The van der Waals surface area contributed by atoms with E-state index in [2.05, 4.69) is 9.88 Å². The van der Waals surface area contributed by atoms with Gasteiger partial charge in [-0.3, -0.25) is 9.88 Å². The Morgan fingerprint density at radius 1 is 1.35 bits per heavy atom. The zero-order valence-corrected chi connectivity index (χ0v) is 12.2. The Hall–Kier alpha value is -1.82. The van der Waals surface area contributed by atoms with Gasteiger partial charge in [-0.2, -0.15) is 0 Å². The Balaban J connectivity index is 2.30. The third kappa shape index (κ3) is 3.19. The molecule has 1 aliphatic rings. The van der Waals surface area contributed by atoms with Gasteiger partial charge in [0.2, 0.25) is 0 Å². The Bertz CT molecular complexity index is 479. The zero-order chi connectivity index (χ0) is 14.8. The molecule has 6 heteroatoms. The summed E-state index contributed by atoms with van der Waals surface area (Å²) in [6.45, 7) is 8.56. The van der Waals surface area contributed by atoms with E-state index in [1.807, 2.05) is 26.8 Å². The van der Waals surface area contributed by atoms with Crippen molar-refractivity contribution >= 4 is 17.5 Å². The molecule has 1 saturated heterocycles. The maximum Gasteiger partial charge on any atom is 0.412 e. The van der Waals surface area contributed by atoms with Crippen LogP contribution in [0.3, 0.4) is 0 Å². The number of carboxylic acid groups (broad SMARTS) is 1. The molecule has 20 heavy (non-hydrogen) atoms. The van der Waals surface area contributed by atoms with Gasteiger partial charge in [-0.15, -0.1) is 0 Å². The standard InChI is InChI=1S/C14H21N3O3/c1-14(2,3)17(13(18)19)12-8-11(9-15-10-12)16-4-6-20-7-5-16/h8-10H,4-7H2,1-3H3,(H,18,19). The van der Waals surface area contributed by atoms with Crippen molar-refractivity contribution in [3.63, 3.8) is 0 Å². The minimum absolute atomic E-state index is 0.517. The highest BCUT2D eigenvalue weighted by Gasteiger charge is 2.28. The summed E-state index contributed by atoms with van der Waals surface area (Å²) in [6.07, 6.45) is 2.37. The maximum absolute atomic E-state index is 11.5. The van der Waals surface area contributed by atoms with E-state index in [-0.39, 0.29) is 0 Å². The molecule has 1 N–H and O–H groups in total. The van der Waals surface area contributed by atoms with E-state index in [0.29, 0.717) is 18.9 Å². The van der Waals surface area contributed by atoms with Gasteiger partial charge >= 0.3 is 6.09 Å². The lowest BCUT2D eigenvalue weighted by molar-refractivity contribution is 0.122. The Labute approximate surface area is 119 Å². The fourth-order valence-corrected chi connectivity index (χ4v) is 2.32. The summed E-state index contributed by atoms with van der Waals surface area (Å²) in [6, 6.07) is 1.87. The number of hydrogen-bond acceptors (Lipinski definition) is 4. The first-order chi connectivity index (χ1) is 9.39. The van der Waals surface area contributed by atoms with Crippen molar-refractivity contribution < 1.29 is 14.6 Å². The number of pyridine rings is 1. The van der Waals surface area contributed by atoms with Gasteiger partial charge in [-0.25, -0.2) is 4.79 Å². The number of aromatic nitrogens is 1. The van der Waals surface area contributed by atoms with Crippen LogP contribution >= 0.6 is 0 Å². The van der Waals surface area contributed by atoms with Crippen LogP contribution in [0.1, 0.15) is 20.8 Å². The van der Waals surface area contributed by atoms with Gasteiger partial charge < -0.3 is 14.7 Å². The van der Waals surface area contributed by atoms with Crippen LogP contribution in [-0.2, 0) is 4.74 Å². The summed E-state index contributed by atoms with van der Waals surface area (Å²) < 4.78 is 5.32. The number of amides is 1. The number of carbonyl (C=O) groups is 1. The molecule has 0 bridgehead atoms. The van der Waals surface area contributed by atoms with Crippen LogP contribution in [0.25, 0.3) is 0 Å². The van der Waals surface area contributed by atoms with E-state index in [9.17, 15) is 9.90 Å². The second-order valence-electron chi connectivity index (χ2n) is 5.79. The van der Waals surface area contributed by atoms with E-state index in [0.717, 1.165) is 18.8 Å². The van der Waals surface area contributed by atoms with E-state index < -0.39 is 11.6 Å². The summed E-state index contributed by atoms with van der Waals surface area (Å²) in [5.74, 6) is 0. The number of rotatable bonds is 2. The Morgan fingerprint density at radius 2 is 2.00 bits per heavy atom. The van der Waals surface area contributed by atoms with Crippen molar-refractivity contribution in [2.24, 2.45) is 0 Å². The molecule has 110 valence electrons. The number of ether oxygens (including phenoxy) is 1. The topological polar surface area (TPSA) is 65.9 Å². The van der Waals surface area contributed by atoms with Crippen molar-refractivity contribution in [3.05, 3.63) is 18.5 Å². The molecule has 0 saturated carbocycles. The molecule has 0 aromatic carbocycles. The number of hydrogen-bond donors (Lipinski definition) is 1. The highest BCUT2D eigenvalue weighted by molar-refractivity contribution is 5.88. The predicted molar refractivity (Wildman–Crippen MR) is 77.5 cm³/mol. The van der Waals surface area contributed by atoms with E-state index >= 15 is 0 Å². The van der Waals surface area contributed by atoms with Crippen LogP contribution in [0, 0.1) is 0 Å². The lowest BCUT2D eigenvalue weighted by Crippen LogP contribution is -2.45. The highest BCUT2D eigenvalue weighted by Crippen LogP contribution is 2.27. The molecular weight excluding hydrogens is 258 g/mol. The largest absolute Gasteiger partial charge is 0.465 e. The minimum atomic E-state index is -0.974. The lowest BCUT2D eigenvalue weighted by atomic mass is 10.1. The van der Waals surface area contributed by atoms with Crippen LogP contribution < -0.4 is 9.80 Å². The highest BCUT2D eigenvalue weighted by atomic mass is 16.5. The van der Waals surface area contributed by atoms with Gasteiger partial charge in [-0.1, -0.05) is 0 Å². The van der Waals surface area contributed by atoms with Crippen LogP contribution in [0.2, 0.25) is 0 Å². The van der Waals surface area contributed by atoms with Gasteiger partial charge in [0, 0.05) is 18.6 Å². The van der Waals surface area contributed by atoms with Crippen molar-refractivity contribution in [1.29, 1.82) is 0 Å². The monoisotopic (exact) mass is 279 g/mol. The molecule has 1 aliphatic heterocycles. The molecule has 2 rings (SSSR count). The quantitative estimate of drug-likeness (QED) is 0.899. The second-order valence-corrected chi connectivity index (χ2v) is 5.79. The van der Waals surface area contributed by atoms with Crippen molar-refractivity contribution in [2.75, 3.05) is 36.1 Å². The van der Waals surface area contributed by atoms with Gasteiger partial charge in [0.25, 0.3) is 0 Å². The summed E-state index contributed by atoms with van der Waals surface area (Å²) in [7, 11) is 0. The van der Waals surface area contributed by atoms with Crippen molar-refractivity contribution in [2.45, 2.75) is 26.3 Å². The van der Waals surface area contributed by atoms with Crippen molar-refractivity contribution in [3.8, 4) is 0 Å². The molecule has 0 atom stereocenters. The average Bonchev–Trinajstić information content (AvgIpc) is 2.38. The van der Waals surface area contributed by atoms with Crippen LogP contribution in [-0.4, -0.2) is 48.0 Å². The first-order valence-electron chi connectivity index (χ1n) is 6.70. The van der Waals surface area contributed by atoms with Gasteiger partial charge in [0.05, 0.1) is 37.0 Å². The fourth-order valence-electron chi connectivity index (χ4n) is 2.32. The smallest absolute Gasteiger partial charge is 0.412 e. The van der Waals surface area contributed by atoms with E-state index in [4.69, 9.17) is 4.74 Å². The van der Waals surface area contributed by atoms with Gasteiger partial charge in [0.1, 0.15) is 0 Å². The first kappa shape index (κ1) is 14.6. The SMILES string of the molecule is CC(C)(C)N(C(=O)O)c1cncc(N2CCOCC2)c1. The molecule has 0 unspecified atom stereocenters. The maximum atomic E-state index is 11.5.